The molecule has 0 bridgehead atoms. The van der Waals surface area contributed by atoms with Crippen LogP contribution in [0.25, 0.3) is 0 Å². The maximum Gasteiger partial charge on any atom is 0.237 e. The van der Waals surface area contributed by atoms with E-state index in [0.717, 1.165) is 11.1 Å². The third-order valence-corrected chi connectivity index (χ3v) is 2.98. The van der Waals surface area contributed by atoms with Crippen molar-refractivity contribution in [1.29, 1.82) is 5.26 Å². The highest BCUT2D eigenvalue weighted by Gasteiger charge is 2.18. The van der Waals surface area contributed by atoms with Gasteiger partial charge in [0.1, 0.15) is 5.92 Å². The van der Waals surface area contributed by atoms with E-state index in [2.05, 4.69) is 16.5 Å². The van der Waals surface area contributed by atoms with Crippen molar-refractivity contribution in [2.45, 2.75) is 13.0 Å². The van der Waals surface area contributed by atoms with Crippen LogP contribution >= 0.6 is 0 Å². The average molecular weight is 268 g/mol. The second-order valence-corrected chi connectivity index (χ2v) is 4.61. The predicted molar refractivity (Wildman–Crippen MR) is 74.3 cm³/mol. The van der Waals surface area contributed by atoms with Crippen LogP contribution in [0.15, 0.2) is 42.7 Å². The molecule has 1 amide bonds. The zero-order valence-electron chi connectivity index (χ0n) is 11.3. The molecule has 2 rings (SSSR count). The van der Waals surface area contributed by atoms with Crippen LogP contribution in [0.3, 0.4) is 0 Å². The number of benzene rings is 1. The molecular weight excluding hydrogens is 252 g/mol. The standard InChI is InChI=1S/C15H16N4O/c1-19-11-13(10-18-19)9-17-15(20)14(8-16)7-12-5-3-2-4-6-12/h2-6,10-11,14H,7,9H2,1H3,(H,17,20). The molecule has 2 aromatic rings. The number of nitrogens with one attached hydrogen (secondary N) is 1. The van der Waals surface area contributed by atoms with Crippen LogP contribution in [0.4, 0.5) is 0 Å². The summed E-state index contributed by atoms with van der Waals surface area (Å²) >= 11 is 0. The molecule has 5 heteroatoms. The highest BCUT2D eigenvalue weighted by Crippen LogP contribution is 2.08. The van der Waals surface area contributed by atoms with Gasteiger partial charge >= 0.3 is 0 Å². The minimum Gasteiger partial charge on any atom is -0.351 e. The van der Waals surface area contributed by atoms with E-state index in [1.807, 2.05) is 43.6 Å². The molecule has 0 saturated heterocycles. The number of aryl methyl sites for hydroxylation is 1. The van der Waals surface area contributed by atoms with Gasteiger partial charge in [-0.3, -0.25) is 9.48 Å². The van der Waals surface area contributed by atoms with E-state index in [4.69, 9.17) is 5.26 Å². The lowest BCUT2D eigenvalue weighted by molar-refractivity contribution is -0.123. The van der Waals surface area contributed by atoms with Crippen molar-refractivity contribution < 1.29 is 4.79 Å². The number of hydrogen-bond donors (Lipinski definition) is 1. The summed E-state index contributed by atoms with van der Waals surface area (Å²) in [5.74, 6) is -0.922. The summed E-state index contributed by atoms with van der Waals surface area (Å²) in [5.41, 5.74) is 1.90. The second kappa shape index (κ2) is 6.53. The molecule has 0 spiro atoms. The summed E-state index contributed by atoms with van der Waals surface area (Å²) in [6.45, 7) is 0.389. The van der Waals surface area contributed by atoms with Crippen LogP contribution in [-0.4, -0.2) is 15.7 Å². The van der Waals surface area contributed by atoms with Crippen LogP contribution < -0.4 is 5.32 Å². The van der Waals surface area contributed by atoms with Crippen molar-refractivity contribution in [3.05, 3.63) is 53.9 Å². The fourth-order valence-corrected chi connectivity index (χ4v) is 1.92. The smallest absolute Gasteiger partial charge is 0.237 e. The molecule has 1 aromatic heterocycles. The second-order valence-electron chi connectivity index (χ2n) is 4.61. The Morgan fingerprint density at radius 1 is 1.40 bits per heavy atom. The SMILES string of the molecule is Cn1cc(CNC(=O)C(C#N)Cc2ccccc2)cn1. The number of amides is 1. The molecule has 1 heterocycles. The summed E-state index contributed by atoms with van der Waals surface area (Å²) < 4.78 is 1.67. The molecular formula is C15H16N4O. The van der Waals surface area contributed by atoms with E-state index >= 15 is 0 Å². The van der Waals surface area contributed by atoms with Crippen molar-refractivity contribution in [1.82, 2.24) is 15.1 Å². The molecule has 1 atom stereocenters. The number of hydrogen-bond acceptors (Lipinski definition) is 3. The number of carbonyl (C=O) groups excluding carboxylic acids is 1. The number of nitrogens with zero attached hydrogens (tertiary/aromatic N) is 3. The first-order valence-electron chi connectivity index (χ1n) is 6.38. The topological polar surface area (TPSA) is 70.7 Å². The van der Waals surface area contributed by atoms with Gasteiger partial charge in [-0.1, -0.05) is 30.3 Å². The molecule has 0 radical (unpaired) electrons. The Bertz CT molecular complexity index is 612. The molecule has 5 nitrogen and oxygen atoms in total. The van der Waals surface area contributed by atoms with Gasteiger partial charge in [-0.25, -0.2) is 0 Å². The molecule has 0 fully saturated rings. The minimum atomic E-state index is -0.672. The summed E-state index contributed by atoms with van der Waals surface area (Å²) in [6, 6.07) is 11.6. The first-order chi connectivity index (χ1) is 9.69. The number of carbonyl (C=O) groups is 1. The van der Waals surface area contributed by atoms with Gasteiger partial charge in [0.05, 0.1) is 12.3 Å². The lowest BCUT2D eigenvalue weighted by Gasteiger charge is -2.09. The third-order valence-electron chi connectivity index (χ3n) is 2.98. The van der Waals surface area contributed by atoms with E-state index in [1.165, 1.54) is 0 Å². The first kappa shape index (κ1) is 13.8. The first-order valence-corrected chi connectivity index (χ1v) is 6.38. The quantitative estimate of drug-likeness (QED) is 0.891. The lowest BCUT2D eigenvalue weighted by Crippen LogP contribution is -2.30. The van der Waals surface area contributed by atoms with Crippen LogP contribution in [0.2, 0.25) is 0 Å². The molecule has 1 unspecified atom stereocenters. The predicted octanol–water partition coefficient (Wildman–Crippen LogP) is 1.42. The fraction of sp³-hybridized carbons (Fsp3) is 0.267. The average Bonchev–Trinajstić information content (AvgIpc) is 2.89. The van der Waals surface area contributed by atoms with E-state index in [0.29, 0.717) is 13.0 Å². The molecule has 0 aliphatic rings. The van der Waals surface area contributed by atoms with E-state index < -0.39 is 5.92 Å². The van der Waals surface area contributed by atoms with Crippen LogP contribution in [0.1, 0.15) is 11.1 Å². The fourth-order valence-electron chi connectivity index (χ4n) is 1.92. The van der Waals surface area contributed by atoms with Gasteiger partial charge in [0, 0.05) is 25.4 Å². The van der Waals surface area contributed by atoms with Crippen LogP contribution in [-0.2, 0) is 24.8 Å². The van der Waals surface area contributed by atoms with Gasteiger partial charge in [0.15, 0.2) is 0 Å². The van der Waals surface area contributed by atoms with Gasteiger partial charge < -0.3 is 5.32 Å². The Morgan fingerprint density at radius 3 is 2.75 bits per heavy atom. The van der Waals surface area contributed by atoms with Gasteiger partial charge in [-0.15, -0.1) is 0 Å². The highest BCUT2D eigenvalue weighted by molar-refractivity contribution is 5.81. The normalized spacial score (nSPS) is 11.6. The van der Waals surface area contributed by atoms with E-state index in [-0.39, 0.29) is 5.91 Å². The molecule has 102 valence electrons. The Balaban J connectivity index is 1.91. The minimum absolute atomic E-state index is 0.250. The van der Waals surface area contributed by atoms with Crippen molar-refractivity contribution >= 4 is 5.91 Å². The molecule has 0 saturated carbocycles. The van der Waals surface area contributed by atoms with Gasteiger partial charge in [0.25, 0.3) is 0 Å². The summed E-state index contributed by atoms with van der Waals surface area (Å²) in [6.07, 6.45) is 3.95. The molecule has 1 aromatic carbocycles. The van der Waals surface area contributed by atoms with Crippen molar-refractivity contribution in [3.63, 3.8) is 0 Å². The van der Waals surface area contributed by atoms with Gasteiger partial charge in [-0.05, 0) is 12.0 Å². The summed E-state index contributed by atoms with van der Waals surface area (Å²) in [4.78, 5) is 12.0. The maximum absolute atomic E-state index is 12.0. The van der Waals surface area contributed by atoms with Gasteiger partial charge in [0.2, 0.25) is 5.91 Å². The Labute approximate surface area is 117 Å². The zero-order valence-corrected chi connectivity index (χ0v) is 11.3. The van der Waals surface area contributed by atoms with E-state index in [1.54, 1.807) is 10.9 Å². The Hall–Kier alpha value is -2.61. The van der Waals surface area contributed by atoms with Gasteiger partial charge in [-0.2, -0.15) is 10.4 Å². The zero-order chi connectivity index (χ0) is 14.4. The molecule has 0 aliphatic heterocycles. The van der Waals surface area contributed by atoms with E-state index in [9.17, 15) is 4.79 Å². The Kier molecular flexibility index (Phi) is 4.51. The maximum atomic E-state index is 12.0. The van der Waals surface area contributed by atoms with Crippen LogP contribution in [0, 0.1) is 17.2 Å². The highest BCUT2D eigenvalue weighted by atomic mass is 16.1. The van der Waals surface area contributed by atoms with Crippen molar-refractivity contribution in [2.75, 3.05) is 0 Å². The molecule has 0 aliphatic carbocycles. The third kappa shape index (κ3) is 3.69. The monoisotopic (exact) mass is 268 g/mol. The summed E-state index contributed by atoms with van der Waals surface area (Å²) in [5, 5.41) is 15.9. The number of nitriles is 1. The molecule has 20 heavy (non-hydrogen) atoms. The largest absolute Gasteiger partial charge is 0.351 e. The summed E-state index contributed by atoms with van der Waals surface area (Å²) in [7, 11) is 1.82. The van der Waals surface area contributed by atoms with Crippen molar-refractivity contribution in [2.24, 2.45) is 13.0 Å². The lowest BCUT2D eigenvalue weighted by atomic mass is 10.00. The number of aromatic nitrogens is 2. The molecule has 1 N–H and O–H groups in total. The van der Waals surface area contributed by atoms with Crippen molar-refractivity contribution in [3.8, 4) is 6.07 Å². The van der Waals surface area contributed by atoms with Crippen LogP contribution in [0.5, 0.6) is 0 Å². The number of rotatable bonds is 5. The Morgan fingerprint density at radius 2 is 2.15 bits per heavy atom.